The van der Waals surface area contributed by atoms with Crippen LogP contribution in [0.2, 0.25) is 0 Å². The molecule has 8 N–H and O–H groups in total. The Balaban J connectivity index is 2.03. The highest BCUT2D eigenvalue weighted by Crippen LogP contribution is 2.19. The minimum Gasteiger partial charge on any atom is -0.480 e. The lowest BCUT2D eigenvalue weighted by atomic mass is 10.0. The van der Waals surface area contributed by atoms with Crippen LogP contribution in [0.5, 0.6) is 0 Å². The molecule has 0 bridgehead atoms. The lowest BCUT2D eigenvalue weighted by Gasteiger charge is -2.23. The summed E-state index contributed by atoms with van der Waals surface area (Å²) in [4.78, 5) is 51.0. The second-order valence-corrected chi connectivity index (χ2v) is 7.18. The zero-order chi connectivity index (χ0) is 23.1. The van der Waals surface area contributed by atoms with E-state index in [1.54, 1.807) is 6.20 Å². The molecule has 2 rings (SSSR count). The Morgan fingerprint density at radius 2 is 1.74 bits per heavy atom. The van der Waals surface area contributed by atoms with Gasteiger partial charge in [0.2, 0.25) is 17.7 Å². The summed E-state index contributed by atoms with van der Waals surface area (Å²) in [6.07, 6.45) is 0.485. The molecule has 0 radical (unpaired) electrons. The van der Waals surface area contributed by atoms with E-state index in [1.807, 2.05) is 24.3 Å². The summed E-state index contributed by atoms with van der Waals surface area (Å²) in [5.74, 6) is -3.41. The molecule has 3 amide bonds. The number of nitrogens with two attached hydrogens (primary N) is 1. The Kier molecular flexibility index (Phi) is 8.11. The first kappa shape index (κ1) is 23.8. The van der Waals surface area contributed by atoms with Crippen molar-refractivity contribution in [3.63, 3.8) is 0 Å². The van der Waals surface area contributed by atoms with Crippen molar-refractivity contribution in [2.24, 2.45) is 5.73 Å². The summed E-state index contributed by atoms with van der Waals surface area (Å²) in [6.45, 7) is 2.29. The first-order valence-corrected chi connectivity index (χ1v) is 9.70. The molecule has 0 aliphatic rings. The van der Waals surface area contributed by atoms with Crippen molar-refractivity contribution in [1.29, 1.82) is 0 Å². The molecule has 4 unspecified atom stereocenters. The molecule has 31 heavy (non-hydrogen) atoms. The summed E-state index contributed by atoms with van der Waals surface area (Å²) in [6, 6.07) is 3.72. The van der Waals surface area contributed by atoms with Crippen LogP contribution in [-0.4, -0.2) is 69.7 Å². The molecule has 168 valence electrons. The molecule has 2 aromatic rings. The molecule has 1 heterocycles. The number of aliphatic hydroxyl groups is 1. The highest BCUT2D eigenvalue weighted by molar-refractivity contribution is 5.94. The third-order valence-corrected chi connectivity index (χ3v) is 4.73. The van der Waals surface area contributed by atoms with E-state index in [0.29, 0.717) is 0 Å². The predicted molar refractivity (Wildman–Crippen MR) is 112 cm³/mol. The van der Waals surface area contributed by atoms with Crippen LogP contribution in [0.25, 0.3) is 10.9 Å². The Bertz CT molecular complexity index is 956. The van der Waals surface area contributed by atoms with Gasteiger partial charge in [0.25, 0.3) is 0 Å². The van der Waals surface area contributed by atoms with Gasteiger partial charge in [0.05, 0.1) is 12.6 Å². The van der Waals surface area contributed by atoms with E-state index >= 15 is 0 Å². The van der Waals surface area contributed by atoms with Crippen LogP contribution in [-0.2, 0) is 25.6 Å². The molecule has 0 saturated heterocycles. The third-order valence-electron chi connectivity index (χ3n) is 4.73. The van der Waals surface area contributed by atoms with Gasteiger partial charge >= 0.3 is 5.97 Å². The number of amides is 3. The number of para-hydroxylation sites is 1. The number of H-pyrrole nitrogens is 1. The molecule has 0 aliphatic carbocycles. The number of aromatic amines is 1. The smallest absolute Gasteiger partial charge is 0.326 e. The van der Waals surface area contributed by atoms with Crippen LogP contribution < -0.4 is 21.7 Å². The van der Waals surface area contributed by atoms with E-state index in [0.717, 1.165) is 16.5 Å². The number of carbonyl (C=O) groups is 4. The van der Waals surface area contributed by atoms with Gasteiger partial charge in [0, 0.05) is 23.5 Å². The number of carbonyl (C=O) groups excluding carboxylic acids is 3. The van der Waals surface area contributed by atoms with E-state index in [1.165, 1.54) is 13.8 Å². The number of hydrogen-bond acceptors (Lipinski definition) is 6. The van der Waals surface area contributed by atoms with Crippen molar-refractivity contribution in [3.05, 3.63) is 36.0 Å². The molecular weight excluding hydrogens is 406 g/mol. The van der Waals surface area contributed by atoms with Crippen LogP contribution >= 0.6 is 0 Å². The Labute approximate surface area is 178 Å². The van der Waals surface area contributed by atoms with Gasteiger partial charge in [-0.3, -0.25) is 14.4 Å². The van der Waals surface area contributed by atoms with Crippen LogP contribution in [0.15, 0.2) is 30.5 Å². The number of carboxylic acids is 1. The first-order valence-electron chi connectivity index (χ1n) is 9.70. The SMILES string of the molecule is CC(NC(=O)C(NC(=O)CN)C(C)O)C(=O)NC(Cc1c[nH]c2ccccc12)C(=O)O. The van der Waals surface area contributed by atoms with Gasteiger partial charge in [-0.1, -0.05) is 18.2 Å². The van der Waals surface area contributed by atoms with Gasteiger partial charge in [0.1, 0.15) is 18.1 Å². The van der Waals surface area contributed by atoms with E-state index in [2.05, 4.69) is 20.9 Å². The maximum absolute atomic E-state index is 12.5. The lowest BCUT2D eigenvalue weighted by molar-refractivity contribution is -0.142. The minimum atomic E-state index is -1.31. The number of benzene rings is 1. The van der Waals surface area contributed by atoms with Crippen molar-refractivity contribution in [2.45, 2.75) is 44.5 Å². The van der Waals surface area contributed by atoms with Crippen LogP contribution in [0.3, 0.4) is 0 Å². The molecule has 1 aromatic carbocycles. The molecule has 11 nitrogen and oxygen atoms in total. The van der Waals surface area contributed by atoms with E-state index in [4.69, 9.17) is 5.73 Å². The molecule has 0 spiro atoms. The number of aliphatic carboxylic acids is 1. The van der Waals surface area contributed by atoms with Gasteiger partial charge < -0.3 is 36.9 Å². The maximum atomic E-state index is 12.5. The Morgan fingerprint density at radius 1 is 1.06 bits per heavy atom. The third kappa shape index (κ3) is 6.27. The standard InChI is InChI=1S/C20H27N5O6/c1-10(23-19(29)17(11(2)26)25-16(27)8-21)18(28)24-15(20(30)31)7-12-9-22-14-6-4-3-5-13(12)14/h3-6,9-11,15,17,22,26H,7-8,21H2,1-2H3,(H,23,29)(H,24,28)(H,25,27)(H,30,31). The maximum Gasteiger partial charge on any atom is 0.326 e. The number of aliphatic hydroxyl groups excluding tert-OH is 1. The van der Waals surface area contributed by atoms with Crippen LogP contribution in [0.4, 0.5) is 0 Å². The van der Waals surface area contributed by atoms with Gasteiger partial charge in [0.15, 0.2) is 0 Å². The Hall–Kier alpha value is -3.44. The van der Waals surface area contributed by atoms with Crippen molar-refractivity contribution in [2.75, 3.05) is 6.54 Å². The molecule has 0 aliphatic heterocycles. The van der Waals surface area contributed by atoms with Gasteiger partial charge in [-0.25, -0.2) is 4.79 Å². The molecule has 11 heteroatoms. The van der Waals surface area contributed by atoms with Crippen molar-refractivity contribution in [3.8, 4) is 0 Å². The van der Waals surface area contributed by atoms with Crippen molar-refractivity contribution >= 4 is 34.6 Å². The van der Waals surface area contributed by atoms with Gasteiger partial charge in [-0.15, -0.1) is 0 Å². The van der Waals surface area contributed by atoms with E-state index in [-0.39, 0.29) is 13.0 Å². The average Bonchev–Trinajstić information content (AvgIpc) is 3.13. The fourth-order valence-electron chi connectivity index (χ4n) is 3.02. The number of nitrogens with one attached hydrogen (secondary N) is 4. The number of aromatic nitrogens is 1. The van der Waals surface area contributed by atoms with Gasteiger partial charge in [-0.2, -0.15) is 0 Å². The molecule has 0 saturated carbocycles. The number of rotatable bonds is 10. The molecular formula is C20H27N5O6. The van der Waals surface area contributed by atoms with E-state index < -0.39 is 47.9 Å². The molecule has 0 fully saturated rings. The molecule has 4 atom stereocenters. The topological polar surface area (TPSA) is 187 Å². The predicted octanol–water partition coefficient (Wildman–Crippen LogP) is -1.39. The van der Waals surface area contributed by atoms with Crippen molar-refractivity contribution in [1.82, 2.24) is 20.9 Å². The van der Waals surface area contributed by atoms with Crippen LogP contribution in [0.1, 0.15) is 19.4 Å². The van der Waals surface area contributed by atoms with Gasteiger partial charge in [-0.05, 0) is 25.5 Å². The second-order valence-electron chi connectivity index (χ2n) is 7.18. The fourth-order valence-corrected chi connectivity index (χ4v) is 3.02. The Morgan fingerprint density at radius 3 is 2.35 bits per heavy atom. The summed E-state index contributed by atoms with van der Waals surface area (Å²) < 4.78 is 0. The highest BCUT2D eigenvalue weighted by atomic mass is 16.4. The second kappa shape index (κ2) is 10.5. The largest absolute Gasteiger partial charge is 0.480 e. The average molecular weight is 433 g/mol. The minimum absolute atomic E-state index is 0.0363. The molecule has 1 aromatic heterocycles. The first-order chi connectivity index (χ1) is 14.6. The summed E-state index contributed by atoms with van der Waals surface area (Å²) >= 11 is 0. The normalized spacial score (nSPS) is 14.8. The van der Waals surface area contributed by atoms with E-state index in [9.17, 15) is 29.4 Å². The summed E-state index contributed by atoms with van der Waals surface area (Å²) in [7, 11) is 0. The monoisotopic (exact) mass is 433 g/mol. The van der Waals surface area contributed by atoms with Crippen LogP contribution in [0, 0.1) is 0 Å². The zero-order valence-corrected chi connectivity index (χ0v) is 17.2. The summed E-state index contributed by atoms with van der Waals surface area (Å²) in [5.41, 5.74) is 6.76. The highest BCUT2D eigenvalue weighted by Gasteiger charge is 2.29. The van der Waals surface area contributed by atoms with Crippen molar-refractivity contribution < 1.29 is 29.4 Å². The summed E-state index contributed by atoms with van der Waals surface area (Å²) in [5, 5.41) is 27.1. The lowest BCUT2D eigenvalue weighted by Crippen LogP contribution is -2.58. The number of hydrogen-bond donors (Lipinski definition) is 7. The number of carboxylic acid groups (broad SMARTS) is 1. The zero-order valence-electron chi connectivity index (χ0n) is 17.2. The fraction of sp³-hybridized carbons (Fsp3) is 0.400. The number of fused-ring (bicyclic) bond motifs is 1. The quantitative estimate of drug-likeness (QED) is 0.240.